The van der Waals surface area contributed by atoms with Gasteiger partial charge >= 0.3 is 0 Å². The average molecular weight is 288 g/mol. The second-order valence-electron chi connectivity index (χ2n) is 5.30. The molecule has 0 saturated carbocycles. The Morgan fingerprint density at radius 1 is 1.30 bits per heavy atom. The van der Waals surface area contributed by atoms with Gasteiger partial charge in [0, 0.05) is 10.6 Å². The molecule has 1 aromatic carbocycles. The number of carbonyl (C=O) groups is 1. The maximum absolute atomic E-state index is 12.4. The molecule has 3 nitrogen and oxygen atoms in total. The Hall–Kier alpha value is -1.81. The molecule has 0 aliphatic heterocycles. The van der Waals surface area contributed by atoms with Crippen LogP contribution in [0.4, 0.5) is 5.69 Å². The fourth-order valence-corrected chi connectivity index (χ4v) is 3.09. The minimum absolute atomic E-state index is 0.0169. The van der Waals surface area contributed by atoms with Gasteiger partial charge in [-0.15, -0.1) is 11.3 Å². The first-order valence-electron chi connectivity index (χ1n) is 6.69. The third kappa shape index (κ3) is 3.20. The fourth-order valence-electron chi connectivity index (χ4n) is 2.14. The van der Waals surface area contributed by atoms with Gasteiger partial charge in [-0.3, -0.25) is 4.79 Å². The number of amides is 1. The van der Waals surface area contributed by atoms with Gasteiger partial charge < -0.3 is 11.1 Å². The van der Waals surface area contributed by atoms with Crippen molar-refractivity contribution < 1.29 is 4.79 Å². The van der Waals surface area contributed by atoms with Gasteiger partial charge in [0.15, 0.2) is 0 Å². The van der Waals surface area contributed by atoms with Gasteiger partial charge in [-0.05, 0) is 42.0 Å². The molecule has 0 bridgehead atoms. The molecule has 1 unspecified atom stereocenters. The van der Waals surface area contributed by atoms with Gasteiger partial charge in [0.25, 0.3) is 5.91 Å². The van der Waals surface area contributed by atoms with E-state index < -0.39 is 0 Å². The van der Waals surface area contributed by atoms with Gasteiger partial charge in [-0.2, -0.15) is 0 Å². The highest BCUT2D eigenvalue weighted by atomic mass is 32.1. The van der Waals surface area contributed by atoms with Crippen LogP contribution in [0, 0.1) is 12.8 Å². The number of aryl methyl sites for hydroxylation is 1. The molecule has 1 amide bonds. The molecule has 0 saturated heterocycles. The number of rotatable bonds is 4. The van der Waals surface area contributed by atoms with Crippen molar-refractivity contribution in [2.45, 2.75) is 26.8 Å². The van der Waals surface area contributed by atoms with E-state index in [1.807, 2.05) is 36.6 Å². The lowest BCUT2D eigenvalue weighted by Crippen LogP contribution is -2.31. The largest absolute Gasteiger partial charge is 0.398 e. The molecule has 1 aromatic heterocycles. The van der Waals surface area contributed by atoms with Crippen molar-refractivity contribution in [2.75, 3.05) is 5.73 Å². The number of anilines is 1. The number of nitrogen functional groups attached to an aromatic ring is 1. The van der Waals surface area contributed by atoms with Crippen LogP contribution in [0.15, 0.2) is 35.7 Å². The Balaban J connectivity index is 2.21. The third-order valence-electron chi connectivity index (χ3n) is 3.25. The van der Waals surface area contributed by atoms with E-state index in [2.05, 4.69) is 19.2 Å². The van der Waals surface area contributed by atoms with E-state index in [1.54, 1.807) is 17.4 Å². The first-order valence-corrected chi connectivity index (χ1v) is 7.57. The smallest absolute Gasteiger partial charge is 0.253 e. The zero-order valence-electron chi connectivity index (χ0n) is 12.0. The van der Waals surface area contributed by atoms with Crippen molar-refractivity contribution in [3.8, 4) is 0 Å². The Morgan fingerprint density at radius 3 is 2.60 bits per heavy atom. The van der Waals surface area contributed by atoms with Crippen molar-refractivity contribution in [3.63, 3.8) is 0 Å². The molecule has 2 rings (SSSR count). The molecule has 2 aromatic rings. The number of nitrogens with two attached hydrogens (primary N) is 1. The molecule has 0 fully saturated rings. The van der Waals surface area contributed by atoms with Gasteiger partial charge in [0.1, 0.15) is 0 Å². The van der Waals surface area contributed by atoms with Crippen LogP contribution in [-0.4, -0.2) is 5.91 Å². The normalized spacial score (nSPS) is 12.4. The molecule has 0 spiro atoms. The molecule has 106 valence electrons. The predicted octanol–water partition coefficient (Wildman–Crippen LogP) is 3.77. The van der Waals surface area contributed by atoms with Crippen LogP contribution in [0.2, 0.25) is 0 Å². The first kappa shape index (κ1) is 14.6. The minimum Gasteiger partial charge on any atom is -0.398 e. The summed E-state index contributed by atoms with van der Waals surface area (Å²) in [6.45, 7) is 6.16. The van der Waals surface area contributed by atoms with E-state index in [0.717, 1.165) is 5.56 Å². The van der Waals surface area contributed by atoms with E-state index in [1.165, 1.54) is 4.88 Å². The van der Waals surface area contributed by atoms with Gasteiger partial charge in [-0.1, -0.05) is 26.0 Å². The third-order valence-corrected chi connectivity index (χ3v) is 4.21. The van der Waals surface area contributed by atoms with Crippen molar-refractivity contribution >= 4 is 22.9 Å². The summed E-state index contributed by atoms with van der Waals surface area (Å²) in [5.74, 6) is 0.207. The summed E-state index contributed by atoms with van der Waals surface area (Å²) in [6, 6.07) is 9.58. The van der Waals surface area contributed by atoms with E-state index in [0.29, 0.717) is 17.2 Å². The SMILES string of the molecule is Cc1ccc(C(=O)NC(c2cccs2)C(C)C)c(N)c1. The Bertz CT molecular complexity index is 591. The summed E-state index contributed by atoms with van der Waals surface area (Å²) < 4.78 is 0. The van der Waals surface area contributed by atoms with Crippen LogP contribution < -0.4 is 11.1 Å². The predicted molar refractivity (Wildman–Crippen MR) is 85.0 cm³/mol. The highest BCUT2D eigenvalue weighted by Crippen LogP contribution is 2.26. The lowest BCUT2D eigenvalue weighted by atomic mass is 10.0. The second-order valence-corrected chi connectivity index (χ2v) is 6.28. The van der Waals surface area contributed by atoms with E-state index >= 15 is 0 Å². The standard InChI is InChI=1S/C16H20N2OS/c1-10(2)15(14-5-4-8-20-14)18-16(19)12-7-6-11(3)9-13(12)17/h4-10,15H,17H2,1-3H3,(H,18,19). The monoisotopic (exact) mass is 288 g/mol. The van der Waals surface area contributed by atoms with E-state index in [9.17, 15) is 4.79 Å². The van der Waals surface area contributed by atoms with Gasteiger partial charge in [0.05, 0.1) is 11.6 Å². The molecule has 1 heterocycles. The molecular weight excluding hydrogens is 268 g/mol. The average Bonchev–Trinajstić information content (AvgIpc) is 2.88. The molecule has 0 aliphatic rings. The second kappa shape index (κ2) is 6.09. The number of carbonyl (C=O) groups excluding carboxylic acids is 1. The topological polar surface area (TPSA) is 55.1 Å². The van der Waals surface area contributed by atoms with Crippen LogP contribution >= 0.6 is 11.3 Å². The minimum atomic E-state index is -0.116. The number of nitrogens with one attached hydrogen (secondary N) is 1. The molecule has 0 aliphatic carbocycles. The van der Waals surface area contributed by atoms with Crippen molar-refractivity contribution in [2.24, 2.45) is 5.92 Å². The maximum Gasteiger partial charge on any atom is 0.253 e. The van der Waals surface area contributed by atoms with Crippen molar-refractivity contribution in [3.05, 3.63) is 51.7 Å². The van der Waals surface area contributed by atoms with Crippen molar-refractivity contribution in [1.82, 2.24) is 5.32 Å². The Labute approximate surface area is 123 Å². The summed E-state index contributed by atoms with van der Waals surface area (Å²) in [7, 11) is 0. The first-order chi connectivity index (χ1) is 9.49. The quantitative estimate of drug-likeness (QED) is 0.841. The van der Waals surface area contributed by atoms with Crippen LogP contribution in [0.1, 0.15) is 40.7 Å². The Kier molecular flexibility index (Phi) is 4.45. The Morgan fingerprint density at radius 2 is 2.05 bits per heavy atom. The highest BCUT2D eigenvalue weighted by Gasteiger charge is 2.20. The summed E-state index contributed by atoms with van der Waals surface area (Å²) >= 11 is 1.66. The zero-order valence-corrected chi connectivity index (χ0v) is 12.8. The van der Waals surface area contributed by atoms with Gasteiger partial charge in [-0.25, -0.2) is 0 Å². The summed E-state index contributed by atoms with van der Waals surface area (Å²) in [4.78, 5) is 13.6. The van der Waals surface area contributed by atoms with E-state index in [-0.39, 0.29) is 11.9 Å². The summed E-state index contributed by atoms with van der Waals surface area (Å²) in [5, 5.41) is 5.11. The lowest BCUT2D eigenvalue weighted by molar-refractivity contribution is 0.0927. The number of hydrogen-bond donors (Lipinski definition) is 2. The zero-order chi connectivity index (χ0) is 14.7. The van der Waals surface area contributed by atoms with Crippen LogP contribution in [0.5, 0.6) is 0 Å². The fraction of sp³-hybridized carbons (Fsp3) is 0.312. The molecule has 4 heteroatoms. The molecule has 0 radical (unpaired) electrons. The highest BCUT2D eigenvalue weighted by molar-refractivity contribution is 7.10. The lowest BCUT2D eigenvalue weighted by Gasteiger charge is -2.21. The summed E-state index contributed by atoms with van der Waals surface area (Å²) in [5.41, 5.74) is 8.05. The van der Waals surface area contributed by atoms with Crippen molar-refractivity contribution in [1.29, 1.82) is 0 Å². The molecular formula is C16H20N2OS. The molecule has 20 heavy (non-hydrogen) atoms. The number of benzene rings is 1. The molecule has 1 atom stereocenters. The number of thiophene rings is 1. The van der Waals surface area contributed by atoms with Crippen LogP contribution in [-0.2, 0) is 0 Å². The number of hydrogen-bond acceptors (Lipinski definition) is 3. The molecule has 3 N–H and O–H groups in total. The van der Waals surface area contributed by atoms with Gasteiger partial charge in [0.2, 0.25) is 0 Å². The summed E-state index contributed by atoms with van der Waals surface area (Å²) in [6.07, 6.45) is 0. The van der Waals surface area contributed by atoms with Crippen LogP contribution in [0.3, 0.4) is 0 Å². The van der Waals surface area contributed by atoms with E-state index in [4.69, 9.17) is 5.73 Å². The maximum atomic E-state index is 12.4. The van der Waals surface area contributed by atoms with Crippen LogP contribution in [0.25, 0.3) is 0 Å².